The second kappa shape index (κ2) is 3.91. The van der Waals surface area contributed by atoms with Crippen LogP contribution >= 0.6 is 0 Å². The molecule has 1 saturated carbocycles. The van der Waals surface area contributed by atoms with E-state index in [1.165, 1.54) is 19.4 Å². The number of sulfonamides is 1. The van der Waals surface area contributed by atoms with Crippen molar-refractivity contribution in [1.82, 2.24) is 4.98 Å². The first-order valence-electron chi connectivity index (χ1n) is 4.74. The first kappa shape index (κ1) is 11.2. The molecule has 7 heteroatoms. The van der Waals surface area contributed by atoms with Crippen LogP contribution in [0.3, 0.4) is 0 Å². The standard InChI is InChI=1S/C9H12N2O4S/c1-14-7-4-9(16(10,12)13)11-5-8(7)15-6-2-3-6/h4-6H,2-3H2,1H3,(H2,10,12,13). The maximum Gasteiger partial charge on any atom is 0.255 e. The monoisotopic (exact) mass is 244 g/mol. The number of hydrogen-bond donors (Lipinski definition) is 1. The topological polar surface area (TPSA) is 91.5 Å². The molecule has 0 bridgehead atoms. The molecule has 0 saturated heterocycles. The molecule has 1 aromatic heterocycles. The fraction of sp³-hybridized carbons (Fsp3) is 0.444. The minimum absolute atomic E-state index is 0.191. The van der Waals surface area contributed by atoms with Gasteiger partial charge >= 0.3 is 0 Å². The Labute approximate surface area is 93.4 Å². The fourth-order valence-electron chi connectivity index (χ4n) is 1.18. The maximum atomic E-state index is 11.1. The molecule has 1 fully saturated rings. The summed E-state index contributed by atoms with van der Waals surface area (Å²) in [5.74, 6) is 0.767. The van der Waals surface area contributed by atoms with Gasteiger partial charge in [0.1, 0.15) is 0 Å². The lowest BCUT2D eigenvalue weighted by Gasteiger charge is -2.09. The van der Waals surface area contributed by atoms with Crippen LogP contribution in [0.15, 0.2) is 17.3 Å². The Balaban J connectivity index is 2.33. The maximum absolute atomic E-state index is 11.1. The summed E-state index contributed by atoms with van der Waals surface area (Å²) >= 11 is 0. The van der Waals surface area contributed by atoms with E-state index >= 15 is 0 Å². The number of nitrogens with two attached hydrogens (primary N) is 1. The molecule has 0 amide bonds. The van der Waals surface area contributed by atoms with Crippen molar-refractivity contribution in [1.29, 1.82) is 0 Å². The van der Waals surface area contributed by atoms with E-state index in [0.29, 0.717) is 11.5 Å². The lowest BCUT2D eigenvalue weighted by Crippen LogP contribution is -2.14. The molecule has 1 heterocycles. The summed E-state index contributed by atoms with van der Waals surface area (Å²) < 4.78 is 32.6. The highest BCUT2D eigenvalue weighted by Gasteiger charge is 2.25. The molecule has 6 nitrogen and oxygen atoms in total. The molecule has 16 heavy (non-hydrogen) atoms. The van der Waals surface area contributed by atoms with Gasteiger partial charge in [-0.15, -0.1) is 0 Å². The Morgan fingerprint density at radius 3 is 2.62 bits per heavy atom. The van der Waals surface area contributed by atoms with Gasteiger partial charge in [0, 0.05) is 6.07 Å². The van der Waals surface area contributed by atoms with E-state index in [-0.39, 0.29) is 11.1 Å². The molecule has 0 unspecified atom stereocenters. The van der Waals surface area contributed by atoms with Crippen LogP contribution < -0.4 is 14.6 Å². The molecule has 0 radical (unpaired) electrons. The highest BCUT2D eigenvalue weighted by molar-refractivity contribution is 7.89. The van der Waals surface area contributed by atoms with Gasteiger partial charge in [0.2, 0.25) is 0 Å². The van der Waals surface area contributed by atoms with Crippen LogP contribution in [0.5, 0.6) is 11.5 Å². The van der Waals surface area contributed by atoms with E-state index in [2.05, 4.69) is 4.98 Å². The van der Waals surface area contributed by atoms with E-state index in [1.807, 2.05) is 0 Å². The summed E-state index contributed by atoms with van der Waals surface area (Å²) in [6, 6.07) is 1.26. The van der Waals surface area contributed by atoms with Gasteiger partial charge in [-0.25, -0.2) is 18.5 Å². The van der Waals surface area contributed by atoms with Gasteiger partial charge in [-0.2, -0.15) is 0 Å². The minimum atomic E-state index is -3.81. The van der Waals surface area contributed by atoms with Crippen LogP contribution in [-0.2, 0) is 10.0 Å². The number of rotatable bonds is 4. The molecule has 88 valence electrons. The highest BCUT2D eigenvalue weighted by Crippen LogP contribution is 2.33. The van der Waals surface area contributed by atoms with Crippen LogP contribution in [0.25, 0.3) is 0 Å². The van der Waals surface area contributed by atoms with Crippen molar-refractivity contribution in [3.63, 3.8) is 0 Å². The van der Waals surface area contributed by atoms with Gasteiger partial charge in [-0.1, -0.05) is 0 Å². The molecule has 2 N–H and O–H groups in total. The molecular formula is C9H12N2O4S. The first-order valence-corrected chi connectivity index (χ1v) is 6.29. The number of primary sulfonamides is 1. The van der Waals surface area contributed by atoms with Gasteiger partial charge in [0.25, 0.3) is 10.0 Å². The largest absolute Gasteiger partial charge is 0.493 e. The number of hydrogen-bond acceptors (Lipinski definition) is 5. The van der Waals surface area contributed by atoms with Gasteiger partial charge in [0.05, 0.1) is 19.4 Å². The molecule has 0 spiro atoms. The van der Waals surface area contributed by atoms with Crippen LogP contribution in [0, 0.1) is 0 Å². The third-order valence-electron chi connectivity index (χ3n) is 2.14. The number of ether oxygens (including phenoxy) is 2. The molecule has 0 aliphatic heterocycles. The van der Waals surface area contributed by atoms with Crippen LogP contribution in [0.1, 0.15) is 12.8 Å². The lowest BCUT2D eigenvalue weighted by atomic mass is 10.4. The quantitative estimate of drug-likeness (QED) is 0.821. The number of aromatic nitrogens is 1. The van der Waals surface area contributed by atoms with Gasteiger partial charge < -0.3 is 9.47 Å². The summed E-state index contributed by atoms with van der Waals surface area (Å²) in [6.07, 6.45) is 3.51. The molecule has 1 aliphatic carbocycles. The third-order valence-corrected chi connectivity index (χ3v) is 2.94. The molecule has 0 aromatic carbocycles. The molecule has 0 atom stereocenters. The van der Waals surface area contributed by atoms with Gasteiger partial charge in [-0.3, -0.25) is 0 Å². The van der Waals surface area contributed by atoms with Crippen molar-refractivity contribution in [3.05, 3.63) is 12.3 Å². The van der Waals surface area contributed by atoms with Crippen molar-refractivity contribution in [2.24, 2.45) is 5.14 Å². The van der Waals surface area contributed by atoms with Crippen molar-refractivity contribution < 1.29 is 17.9 Å². The van der Waals surface area contributed by atoms with E-state index < -0.39 is 10.0 Å². The van der Waals surface area contributed by atoms with Crippen molar-refractivity contribution >= 4 is 10.0 Å². The average molecular weight is 244 g/mol. The SMILES string of the molecule is COc1cc(S(N)(=O)=O)ncc1OC1CC1. The second-order valence-corrected chi connectivity index (χ2v) is 5.04. The highest BCUT2D eigenvalue weighted by atomic mass is 32.2. The smallest absolute Gasteiger partial charge is 0.255 e. The van der Waals surface area contributed by atoms with Crippen molar-refractivity contribution in [3.8, 4) is 11.5 Å². The Bertz CT molecular complexity index is 496. The zero-order chi connectivity index (χ0) is 11.8. The molecule has 1 aromatic rings. The minimum Gasteiger partial charge on any atom is -0.493 e. The third kappa shape index (κ3) is 2.42. The molecular weight excluding hydrogens is 232 g/mol. The summed E-state index contributed by atoms with van der Waals surface area (Å²) in [6.45, 7) is 0. The van der Waals surface area contributed by atoms with E-state index in [9.17, 15) is 8.42 Å². The Morgan fingerprint density at radius 1 is 1.44 bits per heavy atom. The van der Waals surface area contributed by atoms with Crippen molar-refractivity contribution in [2.75, 3.05) is 7.11 Å². The summed E-state index contributed by atoms with van der Waals surface area (Å²) in [7, 11) is -2.38. The van der Waals surface area contributed by atoms with E-state index in [0.717, 1.165) is 12.8 Å². The van der Waals surface area contributed by atoms with Crippen molar-refractivity contribution in [2.45, 2.75) is 24.0 Å². The Morgan fingerprint density at radius 2 is 2.12 bits per heavy atom. The van der Waals surface area contributed by atoms with Gasteiger partial charge in [0.15, 0.2) is 16.5 Å². The number of nitrogens with zero attached hydrogens (tertiary/aromatic N) is 1. The average Bonchev–Trinajstić information content (AvgIpc) is 3.00. The lowest BCUT2D eigenvalue weighted by molar-refractivity contribution is 0.280. The first-order chi connectivity index (χ1) is 7.50. The summed E-state index contributed by atoms with van der Waals surface area (Å²) in [5.41, 5.74) is 0. The number of pyridine rings is 1. The van der Waals surface area contributed by atoms with E-state index in [1.54, 1.807) is 0 Å². The fourth-order valence-corrected chi connectivity index (χ4v) is 1.65. The second-order valence-electron chi connectivity index (χ2n) is 3.54. The number of methoxy groups -OCH3 is 1. The normalized spacial score (nSPS) is 15.9. The predicted octanol–water partition coefficient (Wildman–Crippen LogP) is 0.279. The zero-order valence-corrected chi connectivity index (χ0v) is 9.53. The molecule has 1 aliphatic rings. The Hall–Kier alpha value is -1.34. The van der Waals surface area contributed by atoms with Crippen LogP contribution in [0.4, 0.5) is 0 Å². The van der Waals surface area contributed by atoms with E-state index in [4.69, 9.17) is 14.6 Å². The summed E-state index contributed by atoms with van der Waals surface area (Å²) in [5, 5.41) is 4.73. The predicted molar refractivity (Wildman–Crippen MR) is 55.8 cm³/mol. The zero-order valence-electron chi connectivity index (χ0n) is 8.71. The van der Waals surface area contributed by atoms with Crippen LogP contribution in [-0.4, -0.2) is 26.6 Å². The van der Waals surface area contributed by atoms with Gasteiger partial charge in [-0.05, 0) is 12.8 Å². The molecule has 2 rings (SSSR count). The van der Waals surface area contributed by atoms with Crippen LogP contribution in [0.2, 0.25) is 0 Å². The summed E-state index contributed by atoms with van der Waals surface area (Å²) in [4.78, 5) is 3.72. The Kier molecular flexibility index (Phi) is 2.73.